The normalized spacial score (nSPS) is 52.4. The van der Waals surface area contributed by atoms with Gasteiger partial charge in [-0.25, -0.2) is 0 Å². The molecule has 0 aromatic carbocycles. The third-order valence-electron chi connectivity index (χ3n) is 17.9. The van der Waals surface area contributed by atoms with E-state index in [-0.39, 0.29) is 46.0 Å². The molecule has 64 heavy (non-hydrogen) atoms. The molecule has 3 saturated heterocycles. The van der Waals surface area contributed by atoms with Crippen molar-refractivity contribution < 1.29 is 79.5 Å². The van der Waals surface area contributed by atoms with Gasteiger partial charge in [0.15, 0.2) is 18.9 Å². The molecule has 0 unspecified atom stereocenters. The van der Waals surface area contributed by atoms with Crippen LogP contribution in [0, 0.1) is 45.3 Å². The summed E-state index contributed by atoms with van der Waals surface area (Å²) in [5, 5.41) is 107. The first kappa shape index (κ1) is 50.7. The fourth-order valence-electron chi connectivity index (χ4n) is 14.1. The van der Waals surface area contributed by atoms with Crippen molar-refractivity contribution in [3.63, 3.8) is 0 Å². The number of aliphatic hydroxyl groups excluding tert-OH is 10. The summed E-state index contributed by atoms with van der Waals surface area (Å²) in [5.74, 6) is 0.0804. The van der Waals surface area contributed by atoms with Gasteiger partial charge in [0.05, 0.1) is 37.1 Å². The van der Waals surface area contributed by atoms with Crippen LogP contribution in [0.15, 0.2) is 23.3 Å². The first-order valence-corrected chi connectivity index (χ1v) is 23.8. The number of rotatable bonds is 11. The van der Waals surface area contributed by atoms with Crippen LogP contribution in [-0.2, 0) is 28.4 Å². The van der Waals surface area contributed by atoms with Gasteiger partial charge in [0.25, 0.3) is 0 Å². The Hall–Kier alpha value is -1.16. The number of fused-ring (bicyclic) bond motifs is 5. The highest BCUT2D eigenvalue weighted by atomic mass is 16.7. The van der Waals surface area contributed by atoms with E-state index in [9.17, 15) is 51.1 Å². The number of aliphatic hydroxyl groups is 10. The van der Waals surface area contributed by atoms with E-state index in [1.165, 1.54) is 5.57 Å². The number of allylic oxidation sites excluding steroid dienone is 2. The Morgan fingerprint density at radius 1 is 0.734 bits per heavy atom. The van der Waals surface area contributed by atoms with E-state index in [4.69, 9.17) is 28.4 Å². The second kappa shape index (κ2) is 18.6. The molecule has 6 fully saturated rings. The monoisotopic (exact) mass is 913 g/mol. The molecule has 7 rings (SSSR count). The molecule has 3 saturated carbocycles. The van der Waals surface area contributed by atoms with E-state index in [1.807, 2.05) is 19.9 Å². The smallest absolute Gasteiger partial charge is 0.187 e. The maximum atomic E-state index is 11.4. The van der Waals surface area contributed by atoms with Crippen molar-refractivity contribution in [3.05, 3.63) is 23.3 Å². The first-order valence-electron chi connectivity index (χ1n) is 23.8. The quantitative estimate of drug-likeness (QED) is 0.133. The average molecular weight is 913 g/mol. The Bertz CT molecular complexity index is 1690. The molecule has 16 heteroatoms. The summed E-state index contributed by atoms with van der Waals surface area (Å²) in [6.45, 7) is 20.2. The molecule has 0 radical (unpaired) electrons. The molecule has 10 N–H and O–H groups in total. The molecule has 3 aliphatic heterocycles. The van der Waals surface area contributed by atoms with Gasteiger partial charge in [0.2, 0.25) is 0 Å². The van der Waals surface area contributed by atoms with Gasteiger partial charge in [-0.05, 0) is 112 Å². The number of hydrogen-bond acceptors (Lipinski definition) is 16. The van der Waals surface area contributed by atoms with E-state index in [0.717, 1.165) is 24.8 Å². The molecule has 3 heterocycles. The Labute approximate surface area is 378 Å². The zero-order valence-corrected chi connectivity index (χ0v) is 39.4. The predicted molar refractivity (Wildman–Crippen MR) is 231 cm³/mol. The topological polar surface area (TPSA) is 258 Å². The summed E-state index contributed by atoms with van der Waals surface area (Å²) >= 11 is 0. The van der Waals surface area contributed by atoms with Crippen LogP contribution in [0.1, 0.15) is 114 Å². The minimum absolute atomic E-state index is 0.0350. The van der Waals surface area contributed by atoms with Crippen LogP contribution in [-0.4, -0.2) is 168 Å². The molecule has 0 aromatic rings. The molecular weight excluding hydrogens is 833 g/mol. The largest absolute Gasteiger partial charge is 0.394 e. The predicted octanol–water partition coefficient (Wildman–Crippen LogP) is 1.80. The van der Waals surface area contributed by atoms with Gasteiger partial charge in [0.1, 0.15) is 61.0 Å². The molecule has 368 valence electrons. The second-order valence-electron chi connectivity index (χ2n) is 22.4. The van der Waals surface area contributed by atoms with Crippen LogP contribution in [0.2, 0.25) is 0 Å². The summed E-state index contributed by atoms with van der Waals surface area (Å²) in [6, 6.07) is 0. The van der Waals surface area contributed by atoms with Crippen molar-refractivity contribution in [2.75, 3.05) is 6.61 Å². The van der Waals surface area contributed by atoms with Crippen molar-refractivity contribution in [1.29, 1.82) is 0 Å². The molecule has 25 atom stereocenters. The van der Waals surface area contributed by atoms with Crippen LogP contribution >= 0.6 is 0 Å². The van der Waals surface area contributed by atoms with Crippen molar-refractivity contribution in [1.82, 2.24) is 0 Å². The SMILES string of the molecule is CC(C)=C[C@H](C[C@@H](C)[C@@H]1CC[C@]2(C)C3=CC[C@H]4C(C)(C)[C@H](O[C@@H]5O[C@@H](C)[C@H](O)[C@@H](O)[C@H]5O)CC[C@]4(C)[C@H]3[C@H](O[C@@H]3O[C@H](CO)[C@@H](O)[C@H](O)[C@H]3O)C[C@@]12C)O[C@@H]1O[C@@H](C)[C@H](O)[C@@H](O)[C@H]1O. The van der Waals surface area contributed by atoms with Crippen LogP contribution in [0.25, 0.3) is 0 Å². The summed E-state index contributed by atoms with van der Waals surface area (Å²) in [6.07, 6.45) is -11.2. The van der Waals surface area contributed by atoms with Gasteiger partial charge in [0, 0.05) is 5.92 Å². The van der Waals surface area contributed by atoms with E-state index < -0.39 is 116 Å². The lowest BCUT2D eigenvalue weighted by Gasteiger charge is -2.66. The summed E-state index contributed by atoms with van der Waals surface area (Å²) in [7, 11) is 0. The Morgan fingerprint density at radius 3 is 1.89 bits per heavy atom. The molecule has 0 bridgehead atoms. The van der Waals surface area contributed by atoms with E-state index >= 15 is 0 Å². The van der Waals surface area contributed by atoms with Gasteiger partial charge in [-0.2, -0.15) is 0 Å². The van der Waals surface area contributed by atoms with Crippen molar-refractivity contribution >= 4 is 0 Å². The lowest BCUT2D eigenvalue weighted by atomic mass is 9.40. The molecule has 7 aliphatic rings. The van der Waals surface area contributed by atoms with Crippen LogP contribution < -0.4 is 0 Å². The van der Waals surface area contributed by atoms with Gasteiger partial charge >= 0.3 is 0 Å². The number of ether oxygens (including phenoxy) is 6. The minimum Gasteiger partial charge on any atom is -0.394 e. The average Bonchev–Trinajstić information content (AvgIpc) is 3.51. The third-order valence-corrected chi connectivity index (χ3v) is 17.9. The Balaban J connectivity index is 1.21. The van der Waals surface area contributed by atoms with Crippen LogP contribution in [0.5, 0.6) is 0 Å². The fraction of sp³-hybridized carbons (Fsp3) is 0.917. The van der Waals surface area contributed by atoms with E-state index in [0.29, 0.717) is 25.7 Å². The van der Waals surface area contributed by atoms with Crippen molar-refractivity contribution in [2.45, 2.75) is 225 Å². The van der Waals surface area contributed by atoms with Crippen molar-refractivity contribution in [3.8, 4) is 0 Å². The van der Waals surface area contributed by atoms with Crippen LogP contribution in [0.4, 0.5) is 0 Å². The van der Waals surface area contributed by atoms with Gasteiger partial charge in [-0.15, -0.1) is 0 Å². The molecule has 4 aliphatic carbocycles. The van der Waals surface area contributed by atoms with E-state index in [1.54, 1.807) is 13.8 Å². The molecule has 16 nitrogen and oxygen atoms in total. The van der Waals surface area contributed by atoms with Gasteiger partial charge < -0.3 is 79.5 Å². The van der Waals surface area contributed by atoms with Crippen molar-refractivity contribution in [2.24, 2.45) is 45.3 Å². The first-order chi connectivity index (χ1) is 29.8. The molecule has 0 amide bonds. The summed E-state index contributed by atoms with van der Waals surface area (Å²) in [4.78, 5) is 0. The zero-order chi connectivity index (χ0) is 47.2. The maximum absolute atomic E-state index is 11.4. The summed E-state index contributed by atoms with van der Waals surface area (Å²) < 4.78 is 37.9. The molecular formula is C48H80O16. The second-order valence-corrected chi connectivity index (χ2v) is 22.4. The fourth-order valence-corrected chi connectivity index (χ4v) is 14.1. The Morgan fingerprint density at radius 2 is 1.30 bits per heavy atom. The van der Waals surface area contributed by atoms with Gasteiger partial charge in [-0.3, -0.25) is 0 Å². The summed E-state index contributed by atoms with van der Waals surface area (Å²) in [5.41, 5.74) is 0.788. The van der Waals surface area contributed by atoms with E-state index in [2.05, 4.69) is 47.6 Å². The highest BCUT2D eigenvalue weighted by Gasteiger charge is 2.69. The lowest BCUT2D eigenvalue weighted by Crippen LogP contribution is -2.65. The molecule has 0 aromatic heterocycles. The molecule has 0 spiro atoms. The minimum atomic E-state index is -1.61. The standard InChI is InChI=1S/C48H80O16/c1-21(2)17-25(61-42-39(56)36(53)33(50)23(4)59-42)18-22(3)26-13-16-47(9)27-11-12-30-45(6,7)31(64-43-40(57)37(54)34(51)24(5)60-43)14-15-46(30,8)32(27)28(19-48(26,47)10)62-44-41(58)38(55)35(52)29(20-49)63-44/h11,17,22-26,28-44,49-58H,12-16,18-20H2,1-10H3/t22-,23+,24+,25-,26+,28-,29-,30+,31-,32-,33+,34+,35-,36-,37-,38+,39-,40-,41-,42+,43+,44-,46+,47-,48+/m1/s1. The van der Waals surface area contributed by atoms with Crippen LogP contribution in [0.3, 0.4) is 0 Å². The highest BCUT2D eigenvalue weighted by molar-refractivity contribution is 5.35. The number of hydrogen-bond donors (Lipinski definition) is 10. The Kier molecular flexibility index (Phi) is 14.8. The van der Waals surface area contributed by atoms with Gasteiger partial charge in [-0.1, -0.05) is 64.8 Å². The lowest BCUT2D eigenvalue weighted by molar-refractivity contribution is -0.331. The third kappa shape index (κ3) is 8.53. The highest BCUT2D eigenvalue weighted by Crippen LogP contribution is 2.74. The maximum Gasteiger partial charge on any atom is 0.187 e. The zero-order valence-electron chi connectivity index (χ0n) is 39.4.